The van der Waals surface area contributed by atoms with Crippen molar-refractivity contribution in [2.75, 3.05) is 31.2 Å². The Labute approximate surface area is 190 Å². The minimum absolute atomic E-state index is 0.0918. The molecule has 1 aliphatic heterocycles. The van der Waals surface area contributed by atoms with Crippen LogP contribution in [-0.2, 0) is 4.74 Å². The molecule has 5 rings (SSSR count). The van der Waals surface area contributed by atoms with Crippen LogP contribution in [0.4, 0.5) is 5.95 Å². The van der Waals surface area contributed by atoms with Crippen LogP contribution < -0.4 is 4.90 Å². The fourth-order valence-electron chi connectivity index (χ4n) is 3.54. The molecule has 0 aliphatic carbocycles. The van der Waals surface area contributed by atoms with Gasteiger partial charge in [0, 0.05) is 18.7 Å². The smallest absolute Gasteiger partial charge is 0.240 e. The number of thioether (sulfide) groups is 1. The van der Waals surface area contributed by atoms with Crippen LogP contribution in [0.25, 0.3) is 17.1 Å². The maximum Gasteiger partial charge on any atom is 0.240 e. The predicted octanol–water partition coefficient (Wildman–Crippen LogP) is 4.32. The lowest BCUT2D eigenvalue weighted by Crippen LogP contribution is -2.37. The fraction of sp³-hybridized carbons (Fsp3) is 0.304. The molecule has 164 valence electrons. The van der Waals surface area contributed by atoms with Gasteiger partial charge in [-0.25, -0.2) is 0 Å². The standard InChI is InChI=1S/C23H24N6O2S/c1-16-8-10-19(11-9-16)29-22(28-12-14-30-15-13-28)25-26-23(29)32-17(2)21-24-20(27-31-21)18-6-4-3-5-7-18/h3-11,17H,12-15H2,1-2H3. The summed E-state index contributed by atoms with van der Waals surface area (Å²) in [6, 6.07) is 18.2. The summed E-state index contributed by atoms with van der Waals surface area (Å²) in [6.07, 6.45) is 0. The lowest BCUT2D eigenvalue weighted by molar-refractivity contribution is 0.122. The van der Waals surface area contributed by atoms with E-state index in [-0.39, 0.29) is 5.25 Å². The van der Waals surface area contributed by atoms with Crippen LogP contribution in [0.5, 0.6) is 0 Å². The van der Waals surface area contributed by atoms with Crippen molar-refractivity contribution in [3.63, 3.8) is 0 Å². The molecule has 1 saturated heterocycles. The Hall–Kier alpha value is -3.17. The first-order valence-electron chi connectivity index (χ1n) is 10.6. The van der Waals surface area contributed by atoms with Gasteiger partial charge in [0.15, 0.2) is 5.16 Å². The third-order valence-electron chi connectivity index (χ3n) is 5.31. The Kier molecular flexibility index (Phi) is 5.91. The molecule has 2 aromatic carbocycles. The van der Waals surface area contributed by atoms with Crippen molar-refractivity contribution in [2.24, 2.45) is 0 Å². The number of nitrogens with zero attached hydrogens (tertiary/aromatic N) is 6. The summed E-state index contributed by atoms with van der Waals surface area (Å²) < 4.78 is 13.2. The van der Waals surface area contributed by atoms with Crippen molar-refractivity contribution in [1.82, 2.24) is 24.9 Å². The van der Waals surface area contributed by atoms with E-state index in [9.17, 15) is 0 Å². The Morgan fingerprint density at radius 2 is 1.72 bits per heavy atom. The number of rotatable bonds is 6. The van der Waals surface area contributed by atoms with Crippen molar-refractivity contribution >= 4 is 17.7 Å². The zero-order valence-electron chi connectivity index (χ0n) is 18.0. The van der Waals surface area contributed by atoms with E-state index in [2.05, 4.69) is 61.0 Å². The summed E-state index contributed by atoms with van der Waals surface area (Å²) in [5.41, 5.74) is 3.15. The highest BCUT2D eigenvalue weighted by molar-refractivity contribution is 7.99. The van der Waals surface area contributed by atoms with Crippen LogP contribution in [0, 0.1) is 6.92 Å². The van der Waals surface area contributed by atoms with Crippen molar-refractivity contribution in [1.29, 1.82) is 0 Å². The number of morpholine rings is 1. The summed E-state index contributed by atoms with van der Waals surface area (Å²) in [5.74, 6) is 1.96. The molecule has 9 heteroatoms. The molecule has 3 heterocycles. The average Bonchev–Trinajstić information content (AvgIpc) is 3.49. The van der Waals surface area contributed by atoms with Gasteiger partial charge >= 0.3 is 0 Å². The van der Waals surface area contributed by atoms with E-state index in [1.54, 1.807) is 11.8 Å². The normalized spacial score (nSPS) is 15.1. The highest BCUT2D eigenvalue weighted by atomic mass is 32.2. The number of hydrogen-bond donors (Lipinski definition) is 0. The molecular weight excluding hydrogens is 424 g/mol. The molecule has 0 saturated carbocycles. The number of hydrogen-bond acceptors (Lipinski definition) is 8. The average molecular weight is 449 g/mol. The number of aryl methyl sites for hydroxylation is 1. The van der Waals surface area contributed by atoms with Gasteiger partial charge in [0.2, 0.25) is 17.7 Å². The number of benzene rings is 2. The zero-order valence-corrected chi connectivity index (χ0v) is 18.8. The molecule has 1 fully saturated rings. The monoisotopic (exact) mass is 448 g/mol. The molecule has 1 aliphatic rings. The van der Waals surface area contributed by atoms with Crippen molar-refractivity contribution in [3.8, 4) is 17.1 Å². The second kappa shape index (κ2) is 9.13. The van der Waals surface area contributed by atoms with E-state index in [0.717, 1.165) is 35.4 Å². The number of aromatic nitrogens is 5. The van der Waals surface area contributed by atoms with Crippen LogP contribution in [0.15, 0.2) is 64.3 Å². The molecule has 0 amide bonds. The van der Waals surface area contributed by atoms with E-state index >= 15 is 0 Å². The fourth-order valence-corrected chi connectivity index (χ4v) is 4.43. The molecule has 0 bridgehead atoms. The van der Waals surface area contributed by atoms with Gasteiger partial charge < -0.3 is 14.2 Å². The number of anilines is 1. The Morgan fingerprint density at radius 1 is 0.969 bits per heavy atom. The molecule has 0 radical (unpaired) electrons. The van der Waals surface area contributed by atoms with E-state index in [1.807, 2.05) is 37.3 Å². The Balaban J connectivity index is 1.45. The van der Waals surface area contributed by atoms with Gasteiger partial charge in [-0.3, -0.25) is 4.57 Å². The Bertz CT molecular complexity index is 1170. The molecule has 8 nitrogen and oxygen atoms in total. The summed E-state index contributed by atoms with van der Waals surface area (Å²) in [5, 5.41) is 13.9. The van der Waals surface area contributed by atoms with Gasteiger partial charge in [-0.1, -0.05) is 64.9 Å². The van der Waals surface area contributed by atoms with Crippen molar-refractivity contribution in [3.05, 3.63) is 66.1 Å². The van der Waals surface area contributed by atoms with Crippen LogP contribution >= 0.6 is 11.8 Å². The summed E-state index contributed by atoms with van der Waals surface area (Å²) in [6.45, 7) is 7.06. The highest BCUT2D eigenvalue weighted by Gasteiger charge is 2.25. The first-order chi connectivity index (χ1) is 15.7. The van der Waals surface area contributed by atoms with Crippen molar-refractivity contribution < 1.29 is 9.26 Å². The second-order valence-corrected chi connectivity index (χ2v) is 8.94. The molecule has 1 atom stereocenters. The van der Waals surface area contributed by atoms with E-state index < -0.39 is 0 Å². The molecule has 2 aromatic heterocycles. The van der Waals surface area contributed by atoms with Gasteiger partial charge in [0.1, 0.15) is 0 Å². The van der Waals surface area contributed by atoms with E-state index in [4.69, 9.17) is 9.26 Å². The topological polar surface area (TPSA) is 82.1 Å². The zero-order chi connectivity index (χ0) is 21.9. The Morgan fingerprint density at radius 3 is 2.47 bits per heavy atom. The molecule has 0 spiro atoms. The molecule has 0 N–H and O–H groups in total. The molecule has 32 heavy (non-hydrogen) atoms. The summed E-state index contributed by atoms with van der Waals surface area (Å²) in [7, 11) is 0. The lowest BCUT2D eigenvalue weighted by Gasteiger charge is -2.28. The van der Waals surface area contributed by atoms with Crippen molar-refractivity contribution in [2.45, 2.75) is 24.3 Å². The number of ether oxygens (including phenoxy) is 1. The maximum atomic E-state index is 5.57. The quantitative estimate of drug-likeness (QED) is 0.404. The summed E-state index contributed by atoms with van der Waals surface area (Å²) >= 11 is 1.55. The van der Waals surface area contributed by atoms with Crippen LogP contribution in [0.2, 0.25) is 0 Å². The molecule has 1 unspecified atom stereocenters. The third-order valence-corrected chi connectivity index (χ3v) is 6.34. The molecule has 4 aromatic rings. The molecular formula is C23H24N6O2S. The highest BCUT2D eigenvalue weighted by Crippen LogP contribution is 2.36. The third kappa shape index (κ3) is 4.26. The van der Waals surface area contributed by atoms with Crippen LogP contribution in [0.1, 0.15) is 23.6 Å². The van der Waals surface area contributed by atoms with Gasteiger partial charge in [-0.2, -0.15) is 4.98 Å². The first kappa shape index (κ1) is 20.7. The van der Waals surface area contributed by atoms with E-state index in [0.29, 0.717) is 24.9 Å². The van der Waals surface area contributed by atoms with Crippen LogP contribution in [0.3, 0.4) is 0 Å². The predicted molar refractivity (Wildman–Crippen MR) is 123 cm³/mol. The SMILES string of the molecule is Cc1ccc(-n2c(SC(C)c3nc(-c4ccccc4)no3)nnc2N2CCOCC2)cc1. The first-order valence-corrected chi connectivity index (χ1v) is 11.5. The lowest BCUT2D eigenvalue weighted by atomic mass is 10.2. The summed E-state index contributed by atoms with van der Waals surface area (Å²) in [4.78, 5) is 6.82. The van der Waals surface area contributed by atoms with Gasteiger partial charge in [0.25, 0.3) is 0 Å². The van der Waals surface area contributed by atoms with Crippen LogP contribution in [-0.4, -0.2) is 51.2 Å². The van der Waals surface area contributed by atoms with Gasteiger partial charge in [-0.15, -0.1) is 10.2 Å². The minimum atomic E-state index is -0.0918. The van der Waals surface area contributed by atoms with E-state index in [1.165, 1.54) is 5.56 Å². The maximum absolute atomic E-state index is 5.57. The minimum Gasteiger partial charge on any atom is -0.378 e. The van der Waals surface area contributed by atoms with Gasteiger partial charge in [-0.05, 0) is 26.0 Å². The van der Waals surface area contributed by atoms with Gasteiger partial charge in [0.05, 0.1) is 24.2 Å². The largest absolute Gasteiger partial charge is 0.378 e. The second-order valence-electron chi connectivity index (χ2n) is 7.64.